The maximum atomic E-state index is 4.54. The average Bonchev–Trinajstić information content (AvgIpc) is 3.52. The van der Waals surface area contributed by atoms with Crippen LogP contribution in [0.3, 0.4) is 0 Å². The van der Waals surface area contributed by atoms with Crippen LogP contribution in [0.4, 0.5) is 22.7 Å². The molecule has 2 nitrogen and oxygen atoms in total. The molecule has 75 heavy (non-hydrogen) atoms. The summed E-state index contributed by atoms with van der Waals surface area (Å²) < 4.78 is 0. The Morgan fingerprint density at radius 2 is 0.960 bits per heavy atom. The second kappa shape index (κ2) is 19.4. The number of rotatable bonds is 15. The summed E-state index contributed by atoms with van der Waals surface area (Å²) in [5.74, 6) is 0. The van der Waals surface area contributed by atoms with Gasteiger partial charge in [0.1, 0.15) is 0 Å². The molecule has 1 unspecified atom stereocenters. The Kier molecular flexibility index (Phi) is 14.4. The van der Waals surface area contributed by atoms with Crippen molar-refractivity contribution in [3.63, 3.8) is 0 Å². The molecule has 0 radical (unpaired) electrons. The number of allylic oxidation sites excluding steroid dienone is 3. The molecular formula is C73H94N2. The summed E-state index contributed by atoms with van der Waals surface area (Å²) in [7, 11) is 0. The summed E-state index contributed by atoms with van der Waals surface area (Å²) in [6.07, 6.45) is 9.83. The first-order valence-corrected chi connectivity index (χ1v) is 28.4. The second-order valence-electron chi connectivity index (χ2n) is 28.0. The van der Waals surface area contributed by atoms with Gasteiger partial charge in [0.25, 0.3) is 0 Å². The molecule has 2 aliphatic rings. The Labute approximate surface area is 456 Å². The first-order chi connectivity index (χ1) is 34.8. The van der Waals surface area contributed by atoms with Gasteiger partial charge in [-0.15, -0.1) is 0 Å². The highest BCUT2D eigenvalue weighted by molar-refractivity contribution is 5.84. The van der Waals surface area contributed by atoms with Gasteiger partial charge in [0.2, 0.25) is 0 Å². The van der Waals surface area contributed by atoms with E-state index in [4.69, 9.17) is 0 Å². The Morgan fingerprint density at radius 1 is 0.493 bits per heavy atom. The number of hydrogen-bond donors (Lipinski definition) is 0. The molecule has 6 aromatic rings. The number of benzene rings is 6. The van der Waals surface area contributed by atoms with Crippen LogP contribution in [0.5, 0.6) is 0 Å². The molecule has 0 aromatic heterocycles. The molecular weight excluding hydrogens is 905 g/mol. The monoisotopic (exact) mass is 999 g/mol. The van der Waals surface area contributed by atoms with E-state index in [2.05, 4.69) is 282 Å². The maximum absolute atomic E-state index is 4.54. The van der Waals surface area contributed by atoms with Crippen LogP contribution >= 0.6 is 0 Å². The molecule has 0 saturated heterocycles. The summed E-state index contributed by atoms with van der Waals surface area (Å²) in [5.41, 5.74) is 21.3. The highest BCUT2D eigenvalue weighted by Crippen LogP contribution is 2.57. The van der Waals surface area contributed by atoms with Crippen molar-refractivity contribution in [3.05, 3.63) is 213 Å². The van der Waals surface area contributed by atoms with Gasteiger partial charge in [-0.1, -0.05) is 198 Å². The van der Waals surface area contributed by atoms with Gasteiger partial charge in [-0.05, 0) is 206 Å². The Hall–Kier alpha value is -5.60. The van der Waals surface area contributed by atoms with Crippen LogP contribution in [0.25, 0.3) is 0 Å². The quantitative estimate of drug-likeness (QED) is 0.0946. The third-order valence-electron chi connectivity index (χ3n) is 19.2. The van der Waals surface area contributed by atoms with E-state index in [9.17, 15) is 0 Å². The van der Waals surface area contributed by atoms with Gasteiger partial charge >= 0.3 is 0 Å². The molecule has 0 saturated carbocycles. The minimum absolute atomic E-state index is 0.000751. The van der Waals surface area contributed by atoms with Gasteiger partial charge in [-0.2, -0.15) is 0 Å². The standard InChI is InChI=1S/C73H94N2/c1-22-29-65(73(21,56-32-27-24-28-33-56)72(19,20)55-30-25-23-26-31-55)74(61-46-59-57(44-51(61)4)67(9,10)38-39-68(59,11)12)63-42-50(3)43-64(53(63)6)75(62-47-60-58(45-52(62)5)69(13,14)48-70(60,15)16)71(17,18)41-40-66(7,8)54-36-34-49(2)35-37-54/h22-37,42-47H,1,38-41,48H2,2-21H3/b65-29+. The number of nitrogens with zero attached hydrogens (tertiary/aromatic N) is 2. The lowest BCUT2D eigenvalue weighted by Gasteiger charge is -2.51. The van der Waals surface area contributed by atoms with E-state index >= 15 is 0 Å². The fourth-order valence-electron chi connectivity index (χ4n) is 14.0. The van der Waals surface area contributed by atoms with Crippen molar-refractivity contribution in [1.29, 1.82) is 0 Å². The fraction of sp³-hybridized carbons (Fsp3) is 0.452. The van der Waals surface area contributed by atoms with Gasteiger partial charge in [-0.3, -0.25) is 0 Å². The van der Waals surface area contributed by atoms with Gasteiger partial charge in [0.15, 0.2) is 0 Å². The van der Waals surface area contributed by atoms with Crippen LogP contribution < -0.4 is 9.80 Å². The minimum Gasteiger partial charge on any atom is -0.335 e. The van der Waals surface area contributed by atoms with E-state index in [-0.39, 0.29) is 32.6 Å². The van der Waals surface area contributed by atoms with E-state index in [0.717, 1.165) is 25.7 Å². The van der Waals surface area contributed by atoms with E-state index < -0.39 is 10.8 Å². The second-order valence-corrected chi connectivity index (χ2v) is 28.0. The van der Waals surface area contributed by atoms with Crippen LogP contribution in [-0.2, 0) is 37.9 Å². The van der Waals surface area contributed by atoms with Crippen LogP contribution in [0, 0.1) is 34.6 Å². The largest absolute Gasteiger partial charge is 0.335 e. The predicted octanol–water partition coefficient (Wildman–Crippen LogP) is 20.4. The molecule has 396 valence electrons. The SMILES string of the molecule is C=C/C=C(/N(c1cc2c(cc1C)C(C)(C)CCC2(C)C)c1cc(C)cc(N(c2cc3c(cc2C)C(C)(C)CC3(C)C)C(C)(C)CCC(C)(C)c2ccc(C)cc2)c1C)C(C)(c1ccccc1)C(C)(C)c1ccccc1. The highest BCUT2D eigenvalue weighted by atomic mass is 15.2. The van der Waals surface area contributed by atoms with Crippen molar-refractivity contribution < 1.29 is 0 Å². The zero-order valence-corrected chi connectivity index (χ0v) is 50.3. The first-order valence-electron chi connectivity index (χ1n) is 28.4. The van der Waals surface area contributed by atoms with Gasteiger partial charge < -0.3 is 9.80 Å². The van der Waals surface area contributed by atoms with E-state index in [1.54, 1.807) is 0 Å². The normalized spacial score (nSPS) is 17.7. The zero-order valence-electron chi connectivity index (χ0n) is 50.3. The summed E-state index contributed by atoms with van der Waals surface area (Å²) in [5, 5.41) is 0. The van der Waals surface area contributed by atoms with Crippen molar-refractivity contribution in [3.8, 4) is 0 Å². The molecule has 6 aromatic carbocycles. The molecule has 0 aliphatic heterocycles. The van der Waals surface area contributed by atoms with Gasteiger partial charge in [-0.25, -0.2) is 0 Å². The molecule has 8 rings (SSSR count). The molecule has 2 heteroatoms. The van der Waals surface area contributed by atoms with E-state index in [1.807, 2.05) is 6.08 Å². The summed E-state index contributed by atoms with van der Waals surface area (Å²) in [4.78, 5) is 5.48. The lowest BCUT2D eigenvalue weighted by Crippen LogP contribution is -2.49. The van der Waals surface area contributed by atoms with Crippen LogP contribution in [0.1, 0.15) is 203 Å². The minimum atomic E-state index is -0.577. The topological polar surface area (TPSA) is 6.48 Å². The third kappa shape index (κ3) is 9.92. The molecule has 1 atom stereocenters. The van der Waals surface area contributed by atoms with Crippen LogP contribution in [0.15, 0.2) is 146 Å². The Balaban J connectivity index is 1.47. The van der Waals surface area contributed by atoms with Crippen molar-refractivity contribution in [1.82, 2.24) is 0 Å². The molecule has 0 spiro atoms. The Morgan fingerprint density at radius 3 is 1.51 bits per heavy atom. The van der Waals surface area contributed by atoms with Crippen molar-refractivity contribution in [2.45, 2.75) is 214 Å². The lowest BCUT2D eigenvalue weighted by molar-refractivity contribution is 0.320. The van der Waals surface area contributed by atoms with E-state index in [1.165, 1.54) is 102 Å². The third-order valence-corrected chi connectivity index (χ3v) is 19.2. The summed E-state index contributed by atoms with van der Waals surface area (Å²) in [6, 6.07) is 47.0. The number of anilines is 4. The predicted molar refractivity (Wildman–Crippen MR) is 328 cm³/mol. The molecule has 0 N–H and O–H groups in total. The summed E-state index contributed by atoms with van der Waals surface area (Å²) in [6.45, 7) is 53.2. The fourth-order valence-corrected chi connectivity index (χ4v) is 14.0. The first kappa shape index (κ1) is 55.6. The number of hydrogen-bond acceptors (Lipinski definition) is 2. The van der Waals surface area contributed by atoms with Crippen LogP contribution in [0.2, 0.25) is 0 Å². The Bertz CT molecular complexity index is 3110. The lowest BCUT2D eigenvalue weighted by atomic mass is 9.57. The van der Waals surface area contributed by atoms with Crippen LogP contribution in [-0.4, -0.2) is 5.54 Å². The molecule has 0 heterocycles. The molecule has 0 bridgehead atoms. The van der Waals surface area contributed by atoms with Gasteiger partial charge in [0.05, 0.1) is 5.69 Å². The average molecular weight is 1000 g/mol. The number of aryl methyl sites for hydroxylation is 4. The van der Waals surface area contributed by atoms with Gasteiger partial charge in [0, 0.05) is 39.1 Å². The number of fused-ring (bicyclic) bond motifs is 2. The molecule has 0 fully saturated rings. The van der Waals surface area contributed by atoms with Crippen molar-refractivity contribution in [2.24, 2.45) is 0 Å². The molecule has 0 amide bonds. The van der Waals surface area contributed by atoms with Crippen molar-refractivity contribution in [2.75, 3.05) is 9.80 Å². The molecule has 2 aliphatic carbocycles. The zero-order chi connectivity index (χ0) is 55.1. The van der Waals surface area contributed by atoms with Crippen molar-refractivity contribution >= 4 is 22.7 Å². The smallest absolute Gasteiger partial charge is 0.0511 e. The summed E-state index contributed by atoms with van der Waals surface area (Å²) >= 11 is 0. The maximum Gasteiger partial charge on any atom is 0.0511 e. The highest BCUT2D eigenvalue weighted by Gasteiger charge is 2.50. The van der Waals surface area contributed by atoms with E-state index in [0.29, 0.717) is 0 Å².